The van der Waals surface area contributed by atoms with E-state index >= 15 is 0 Å². The van der Waals surface area contributed by atoms with E-state index in [9.17, 15) is 28.1 Å². The number of carbonyl (C=O) groups excluding carboxylic acids is 2. The first-order valence-corrected chi connectivity index (χ1v) is 16.0. The number of hydrogen-bond acceptors (Lipinski definition) is 6. The van der Waals surface area contributed by atoms with Crippen molar-refractivity contribution < 1.29 is 22.9 Å². The van der Waals surface area contributed by atoms with Gasteiger partial charge in [-0.2, -0.15) is 0 Å². The fourth-order valence-corrected chi connectivity index (χ4v) is 6.27. The third-order valence-corrected chi connectivity index (χ3v) is 8.97. The Balaban J connectivity index is 1.80. The molecular weight excluding hydrogens is 616 g/mol. The van der Waals surface area contributed by atoms with E-state index in [1.54, 1.807) is 42.5 Å². The number of amides is 2. The quantitative estimate of drug-likeness (QED) is 0.148. The third kappa shape index (κ3) is 8.68. The summed E-state index contributed by atoms with van der Waals surface area (Å²) in [6, 6.07) is 27.3. The third-order valence-electron chi connectivity index (χ3n) is 6.93. The molecule has 1 atom stereocenters. The van der Waals surface area contributed by atoms with Gasteiger partial charge in [-0.05, 0) is 61.4 Å². The summed E-state index contributed by atoms with van der Waals surface area (Å²) in [5.74, 6) is -1.05. The van der Waals surface area contributed by atoms with Crippen molar-refractivity contribution in [3.63, 3.8) is 0 Å². The van der Waals surface area contributed by atoms with Crippen LogP contribution in [0.3, 0.4) is 0 Å². The van der Waals surface area contributed by atoms with Gasteiger partial charge in [-0.25, -0.2) is 8.42 Å². The molecule has 0 fully saturated rings. The molecule has 0 radical (unpaired) electrons. The molecule has 4 rings (SSSR count). The lowest BCUT2D eigenvalue weighted by molar-refractivity contribution is -0.384. The molecule has 0 unspecified atom stereocenters. The van der Waals surface area contributed by atoms with Crippen molar-refractivity contribution in [1.29, 1.82) is 0 Å². The van der Waals surface area contributed by atoms with Crippen LogP contribution in [-0.4, -0.2) is 48.7 Å². The number of nitro benzene ring substituents is 1. The smallest absolute Gasteiger partial charge is 0.269 e. The van der Waals surface area contributed by atoms with Crippen LogP contribution in [0.15, 0.2) is 114 Å². The highest BCUT2D eigenvalue weighted by molar-refractivity contribution is 7.92. The highest BCUT2D eigenvalue weighted by Crippen LogP contribution is 2.27. The number of sulfonamides is 1. The number of anilines is 1. The van der Waals surface area contributed by atoms with E-state index in [2.05, 4.69) is 5.32 Å². The van der Waals surface area contributed by atoms with Gasteiger partial charge >= 0.3 is 0 Å². The Bertz CT molecular complexity index is 1720. The van der Waals surface area contributed by atoms with E-state index in [-0.39, 0.29) is 35.3 Å². The predicted molar refractivity (Wildman–Crippen MR) is 173 cm³/mol. The highest BCUT2D eigenvalue weighted by Gasteiger charge is 2.35. The zero-order valence-corrected chi connectivity index (χ0v) is 26.3. The number of non-ortho nitro benzene ring substituents is 1. The standard InChI is InChI=1S/C33H33ClN4O6S/c1-24(2)35-33(40)31(21-25-9-5-3-6-10-25)36(22-26-13-15-27(34)16-14-26)32(39)23-37(28-17-19-29(20-18-28)38(41)42)45(43,44)30-11-7-4-8-12-30/h3-20,24,31H,21-23H2,1-2H3,(H,35,40)/t31-/m0/s1. The molecule has 12 heteroatoms. The lowest BCUT2D eigenvalue weighted by Crippen LogP contribution is -2.54. The Morgan fingerprint density at radius 3 is 1.98 bits per heavy atom. The van der Waals surface area contributed by atoms with E-state index < -0.39 is 39.3 Å². The van der Waals surface area contributed by atoms with Crippen LogP contribution in [0.25, 0.3) is 0 Å². The predicted octanol–water partition coefficient (Wildman–Crippen LogP) is 5.61. The van der Waals surface area contributed by atoms with Gasteiger partial charge in [-0.15, -0.1) is 0 Å². The molecule has 45 heavy (non-hydrogen) atoms. The van der Waals surface area contributed by atoms with Crippen LogP contribution in [0, 0.1) is 10.1 Å². The van der Waals surface area contributed by atoms with Crippen molar-refractivity contribution in [3.8, 4) is 0 Å². The second-order valence-electron chi connectivity index (χ2n) is 10.6. The Labute approximate surface area is 267 Å². The Morgan fingerprint density at radius 1 is 0.844 bits per heavy atom. The summed E-state index contributed by atoms with van der Waals surface area (Å²) in [4.78, 5) is 40.1. The van der Waals surface area contributed by atoms with Crippen molar-refractivity contribution in [3.05, 3.63) is 135 Å². The van der Waals surface area contributed by atoms with Crippen LogP contribution in [0.2, 0.25) is 5.02 Å². The summed E-state index contributed by atoms with van der Waals surface area (Å²) in [6.45, 7) is 2.93. The Kier molecular flexibility index (Phi) is 10.9. The van der Waals surface area contributed by atoms with Gasteiger partial charge in [0, 0.05) is 36.2 Å². The molecule has 0 saturated carbocycles. The summed E-state index contributed by atoms with van der Waals surface area (Å²) < 4.78 is 28.9. The molecule has 0 aliphatic carbocycles. The number of hydrogen-bond donors (Lipinski definition) is 1. The first-order chi connectivity index (χ1) is 21.5. The van der Waals surface area contributed by atoms with E-state index in [1.165, 1.54) is 41.3 Å². The van der Waals surface area contributed by atoms with Gasteiger partial charge in [0.25, 0.3) is 15.7 Å². The SMILES string of the molecule is CC(C)NC(=O)[C@H](Cc1ccccc1)N(Cc1ccc(Cl)cc1)C(=O)CN(c1ccc([N+](=O)[O-])cc1)S(=O)(=O)c1ccccc1. The fraction of sp³-hybridized carbons (Fsp3) is 0.212. The number of rotatable bonds is 13. The van der Waals surface area contributed by atoms with Crippen molar-refractivity contribution in [2.75, 3.05) is 10.8 Å². The van der Waals surface area contributed by atoms with Crippen LogP contribution in [-0.2, 0) is 32.6 Å². The maximum absolute atomic E-state index is 14.4. The first kappa shape index (κ1) is 33.2. The van der Waals surface area contributed by atoms with Crippen molar-refractivity contribution in [2.24, 2.45) is 0 Å². The van der Waals surface area contributed by atoms with Gasteiger partial charge in [0.1, 0.15) is 12.6 Å². The number of nitrogens with one attached hydrogen (secondary N) is 1. The van der Waals surface area contributed by atoms with Crippen molar-refractivity contribution in [2.45, 2.75) is 43.8 Å². The van der Waals surface area contributed by atoms with Gasteiger partial charge in [0.05, 0.1) is 15.5 Å². The molecule has 0 aliphatic heterocycles. The molecule has 0 bridgehead atoms. The number of carbonyl (C=O) groups is 2. The van der Waals surface area contributed by atoms with Crippen LogP contribution in [0.1, 0.15) is 25.0 Å². The van der Waals surface area contributed by atoms with Crippen molar-refractivity contribution in [1.82, 2.24) is 10.2 Å². The molecule has 0 spiro atoms. The molecular formula is C33H33ClN4O6S. The molecule has 1 N–H and O–H groups in total. The Morgan fingerprint density at radius 2 is 1.42 bits per heavy atom. The molecule has 10 nitrogen and oxygen atoms in total. The number of benzene rings is 4. The largest absolute Gasteiger partial charge is 0.352 e. The highest BCUT2D eigenvalue weighted by atomic mass is 35.5. The molecule has 0 heterocycles. The zero-order valence-electron chi connectivity index (χ0n) is 24.7. The maximum atomic E-state index is 14.4. The monoisotopic (exact) mass is 648 g/mol. The summed E-state index contributed by atoms with van der Waals surface area (Å²) in [5, 5.41) is 14.7. The summed E-state index contributed by atoms with van der Waals surface area (Å²) >= 11 is 6.10. The van der Waals surface area contributed by atoms with Crippen LogP contribution < -0.4 is 9.62 Å². The second-order valence-corrected chi connectivity index (χ2v) is 12.9. The Hall–Kier alpha value is -4.74. The molecule has 0 saturated heterocycles. The van der Waals surface area contributed by atoms with Crippen molar-refractivity contribution >= 4 is 44.8 Å². The molecule has 234 valence electrons. The fourth-order valence-electron chi connectivity index (χ4n) is 4.71. The van der Waals surface area contributed by atoms with E-state index in [1.807, 2.05) is 44.2 Å². The van der Waals surface area contributed by atoms with Gasteiger partial charge in [-0.3, -0.25) is 24.0 Å². The summed E-state index contributed by atoms with van der Waals surface area (Å²) in [5.41, 5.74) is 1.30. The van der Waals surface area contributed by atoms with Gasteiger partial charge < -0.3 is 10.2 Å². The topological polar surface area (TPSA) is 130 Å². The van der Waals surface area contributed by atoms with Crippen LogP contribution in [0.4, 0.5) is 11.4 Å². The second kappa shape index (κ2) is 14.8. The number of nitrogens with zero attached hydrogens (tertiary/aromatic N) is 3. The van der Waals surface area contributed by atoms with Gasteiger partial charge in [0.2, 0.25) is 11.8 Å². The molecule has 0 aromatic heterocycles. The van der Waals surface area contributed by atoms with E-state index in [4.69, 9.17) is 11.6 Å². The lowest BCUT2D eigenvalue weighted by Gasteiger charge is -2.34. The number of halogens is 1. The van der Waals surface area contributed by atoms with Gasteiger partial charge in [0.15, 0.2) is 0 Å². The minimum absolute atomic E-state index is 0.0154. The first-order valence-electron chi connectivity index (χ1n) is 14.2. The average molecular weight is 649 g/mol. The summed E-state index contributed by atoms with van der Waals surface area (Å²) in [7, 11) is -4.32. The lowest BCUT2D eigenvalue weighted by atomic mass is 10.0. The minimum Gasteiger partial charge on any atom is -0.352 e. The molecule has 4 aromatic rings. The molecule has 0 aliphatic rings. The average Bonchev–Trinajstić information content (AvgIpc) is 3.03. The van der Waals surface area contributed by atoms with Crippen LogP contribution in [0.5, 0.6) is 0 Å². The minimum atomic E-state index is -4.32. The number of nitro groups is 1. The van der Waals surface area contributed by atoms with E-state index in [0.717, 1.165) is 9.87 Å². The molecule has 2 amide bonds. The van der Waals surface area contributed by atoms with Crippen LogP contribution >= 0.6 is 11.6 Å². The molecule has 4 aromatic carbocycles. The van der Waals surface area contributed by atoms with Gasteiger partial charge in [-0.1, -0.05) is 72.3 Å². The zero-order chi connectivity index (χ0) is 32.6. The summed E-state index contributed by atoms with van der Waals surface area (Å²) in [6.07, 6.45) is 0.168. The maximum Gasteiger partial charge on any atom is 0.269 e. The van der Waals surface area contributed by atoms with E-state index in [0.29, 0.717) is 10.6 Å². The normalized spacial score (nSPS) is 11.9.